The van der Waals surface area contributed by atoms with Crippen LogP contribution in [-0.2, 0) is 31.0 Å². The fourth-order valence-electron chi connectivity index (χ4n) is 5.79. The number of pyridine rings is 4. The first-order valence-corrected chi connectivity index (χ1v) is 21.5. The molecule has 1 aliphatic heterocycles. The summed E-state index contributed by atoms with van der Waals surface area (Å²) >= 11 is 3.21. The summed E-state index contributed by atoms with van der Waals surface area (Å²) in [5.41, 5.74) is -0.168. The molecule has 0 saturated carbocycles. The van der Waals surface area contributed by atoms with Crippen LogP contribution in [-0.4, -0.2) is 94.3 Å². The van der Waals surface area contributed by atoms with Gasteiger partial charge in [-0.05, 0) is 122 Å². The number of fused-ring (bicyclic) bond motifs is 2. The molecule has 0 spiro atoms. The summed E-state index contributed by atoms with van der Waals surface area (Å²) in [6.45, 7) is 14.8. The summed E-state index contributed by atoms with van der Waals surface area (Å²) in [5.74, 6) is -4.99. The SMILES string of the molecule is C.C.C.CC(C)OC(F)(F)c1nnc2ccc(-c3cnc(O[C@H](C)C(F)(F)F)c(F)c3)cn12.CC(C)OC(F)(F)c1nnc2ccc(Br)cn12.C[C@@H](Oc1ncc(B2OC(C)(C)C(C)(C)O2)cc1F)C(F)(F)F. The summed E-state index contributed by atoms with van der Waals surface area (Å²) < 4.78 is 192. The quantitative estimate of drug-likeness (QED) is 0.0850. The van der Waals surface area contributed by atoms with E-state index in [1.54, 1.807) is 12.1 Å². The molecule has 0 unspecified atom stereocenters. The van der Waals surface area contributed by atoms with Crippen molar-refractivity contribution in [3.05, 3.63) is 88.9 Å². The van der Waals surface area contributed by atoms with Gasteiger partial charge in [-0.15, -0.1) is 20.4 Å². The monoisotopic (exact) mass is 1120 g/mol. The highest BCUT2D eigenvalue weighted by Gasteiger charge is 2.52. The number of rotatable bonds is 12. The average molecular weight is 1120 g/mol. The number of ether oxygens (including phenoxy) is 4. The Balaban J connectivity index is 0.000000381. The molecule has 406 valence electrons. The van der Waals surface area contributed by atoms with Gasteiger partial charge in [0.15, 0.2) is 35.1 Å². The van der Waals surface area contributed by atoms with E-state index in [1.807, 2.05) is 27.7 Å². The van der Waals surface area contributed by atoms with Crippen molar-refractivity contribution in [1.82, 2.24) is 39.2 Å². The Morgan fingerprint density at radius 1 is 0.575 bits per heavy atom. The molecule has 0 aliphatic carbocycles. The van der Waals surface area contributed by atoms with E-state index in [0.29, 0.717) is 10.1 Å². The topological polar surface area (TPSA) is 142 Å². The number of nitrogens with zero attached hydrogens (tertiary/aromatic N) is 8. The predicted octanol–water partition coefficient (Wildman–Crippen LogP) is 12.5. The van der Waals surface area contributed by atoms with Crippen LogP contribution in [0.15, 0.2) is 65.7 Å². The Labute approximate surface area is 422 Å². The van der Waals surface area contributed by atoms with Crippen molar-refractivity contribution in [3.63, 3.8) is 0 Å². The van der Waals surface area contributed by atoms with Gasteiger partial charge in [0.1, 0.15) is 0 Å². The van der Waals surface area contributed by atoms with Crippen LogP contribution in [0.3, 0.4) is 0 Å². The molecule has 2 atom stereocenters. The highest BCUT2D eigenvalue weighted by Crippen LogP contribution is 2.37. The van der Waals surface area contributed by atoms with Crippen molar-refractivity contribution in [2.24, 2.45) is 0 Å². The third-order valence-corrected chi connectivity index (χ3v) is 10.5. The van der Waals surface area contributed by atoms with Crippen LogP contribution in [0.1, 0.15) is 103 Å². The summed E-state index contributed by atoms with van der Waals surface area (Å²) in [4.78, 5) is 7.19. The lowest BCUT2D eigenvalue weighted by Crippen LogP contribution is -2.41. The van der Waals surface area contributed by atoms with E-state index in [1.165, 1.54) is 62.8 Å². The van der Waals surface area contributed by atoms with E-state index >= 15 is 0 Å². The zero-order valence-corrected chi connectivity index (χ0v) is 40.2. The molecule has 7 heterocycles. The third kappa shape index (κ3) is 15.6. The van der Waals surface area contributed by atoms with Gasteiger partial charge < -0.3 is 28.3 Å². The summed E-state index contributed by atoms with van der Waals surface area (Å²) in [6.07, 6.45) is -17.4. The first kappa shape index (κ1) is 63.8. The zero-order chi connectivity index (χ0) is 52.5. The second-order valence-corrected chi connectivity index (χ2v) is 17.8. The van der Waals surface area contributed by atoms with E-state index in [9.17, 15) is 52.7 Å². The fourth-order valence-corrected chi connectivity index (χ4v) is 6.13. The minimum absolute atomic E-state index is 0. The van der Waals surface area contributed by atoms with Gasteiger partial charge >= 0.3 is 31.7 Å². The number of hydrogen-bond acceptors (Lipinski definition) is 12. The summed E-state index contributed by atoms with van der Waals surface area (Å²) in [6, 6.07) is 8.00. The van der Waals surface area contributed by atoms with Crippen molar-refractivity contribution in [1.29, 1.82) is 0 Å². The van der Waals surface area contributed by atoms with Gasteiger partial charge in [0.2, 0.25) is 11.6 Å². The molecule has 73 heavy (non-hydrogen) atoms. The van der Waals surface area contributed by atoms with Crippen LogP contribution >= 0.6 is 15.9 Å². The van der Waals surface area contributed by atoms with Crippen LogP contribution in [0.5, 0.6) is 11.8 Å². The standard InChI is InChI=1S/C18H16F6N4O2.C14H18BF4NO3.C10H10BrF2N3O.3CH4/c1-9(2)30-18(23,24)16-27-26-14-5-4-11(8-28(14)16)12-6-13(19)15(25-7-12)29-10(3)17(20,21)22;1-8(14(17,18)19)21-11-10(16)6-9(7-20-11)15-22-12(2,3)13(4,5)23-15;1-6(2)17-10(12,13)9-15-14-8-4-3-7(11)5-16(8)9;;;/h4-10H,1-3H3;6-8H,1-5H3;3-6H,1-2H3;3*1H4/t10-;8-;;;;/m11..../s1. The van der Waals surface area contributed by atoms with E-state index in [0.717, 1.165) is 36.6 Å². The molecule has 0 N–H and O–H groups in total. The molecule has 1 saturated heterocycles. The lowest BCUT2D eigenvalue weighted by Gasteiger charge is -2.32. The van der Waals surface area contributed by atoms with Crippen LogP contribution in [0.2, 0.25) is 0 Å². The molecule has 0 radical (unpaired) electrons. The molecule has 7 rings (SSSR count). The number of hydrogen-bond donors (Lipinski definition) is 0. The normalized spacial score (nSPS) is 15.3. The lowest BCUT2D eigenvalue weighted by atomic mass is 9.80. The highest BCUT2D eigenvalue weighted by atomic mass is 79.9. The molecule has 14 nitrogen and oxygen atoms in total. The van der Waals surface area contributed by atoms with Crippen LogP contribution in [0.4, 0.5) is 52.7 Å². The molecule has 0 bridgehead atoms. The Kier molecular flexibility index (Phi) is 20.9. The fraction of sp³-hybridized carbons (Fsp3) is 0.511. The van der Waals surface area contributed by atoms with Gasteiger partial charge in [0.25, 0.3) is 11.8 Å². The van der Waals surface area contributed by atoms with Gasteiger partial charge in [0.05, 0.1) is 23.4 Å². The smallest absolute Gasteiger partial charge is 0.463 e. The van der Waals surface area contributed by atoms with Gasteiger partial charge in [-0.3, -0.25) is 8.80 Å². The number of aromatic nitrogens is 8. The third-order valence-electron chi connectivity index (χ3n) is 10.1. The number of alkyl halides is 10. The van der Waals surface area contributed by atoms with E-state index in [4.69, 9.17) is 9.31 Å². The summed E-state index contributed by atoms with van der Waals surface area (Å²) in [5, 5.41) is 14.3. The van der Waals surface area contributed by atoms with Crippen LogP contribution < -0.4 is 14.9 Å². The minimum atomic E-state index is -4.69. The van der Waals surface area contributed by atoms with E-state index in [-0.39, 0.29) is 44.5 Å². The lowest BCUT2D eigenvalue weighted by molar-refractivity contribution is -0.272. The van der Waals surface area contributed by atoms with Gasteiger partial charge in [-0.1, -0.05) is 22.3 Å². The van der Waals surface area contributed by atoms with E-state index in [2.05, 4.69) is 65.2 Å². The first-order valence-electron chi connectivity index (χ1n) is 20.7. The molecule has 6 aromatic heterocycles. The van der Waals surface area contributed by atoms with Crippen molar-refractivity contribution >= 4 is 39.8 Å². The molecule has 0 amide bonds. The van der Waals surface area contributed by atoms with Crippen molar-refractivity contribution < 1.29 is 80.9 Å². The largest absolute Gasteiger partial charge is 0.496 e. The maximum atomic E-state index is 14.3. The molecule has 1 aliphatic rings. The van der Waals surface area contributed by atoms with Crippen molar-refractivity contribution in [2.75, 3.05) is 0 Å². The molecular weight excluding hydrogens is 1070 g/mol. The highest BCUT2D eigenvalue weighted by molar-refractivity contribution is 9.10. The van der Waals surface area contributed by atoms with E-state index < -0.39 is 102 Å². The molecular formula is C45H56BBrF12N8O6. The first-order chi connectivity index (χ1) is 32.1. The predicted molar refractivity (Wildman–Crippen MR) is 249 cm³/mol. The molecule has 0 aromatic carbocycles. The molecule has 6 aromatic rings. The second kappa shape index (κ2) is 23.9. The maximum Gasteiger partial charge on any atom is 0.496 e. The van der Waals surface area contributed by atoms with Crippen LogP contribution in [0.25, 0.3) is 22.4 Å². The summed E-state index contributed by atoms with van der Waals surface area (Å²) in [7, 11) is -0.851. The Hall–Kier alpha value is -5.32. The Morgan fingerprint density at radius 3 is 1.40 bits per heavy atom. The Morgan fingerprint density at radius 2 is 0.986 bits per heavy atom. The van der Waals surface area contributed by atoms with Crippen molar-refractivity contribution in [3.8, 4) is 22.9 Å². The number of halogens is 13. The van der Waals surface area contributed by atoms with Crippen LogP contribution in [0, 0.1) is 11.6 Å². The average Bonchev–Trinajstić information content (AvgIpc) is 3.91. The maximum absolute atomic E-state index is 14.3. The molecule has 1 fully saturated rings. The van der Waals surface area contributed by atoms with Crippen molar-refractivity contribution in [2.45, 2.75) is 152 Å². The Bertz CT molecular complexity index is 2740. The second-order valence-electron chi connectivity index (χ2n) is 16.9. The van der Waals surface area contributed by atoms with Gasteiger partial charge in [0, 0.05) is 45.8 Å². The zero-order valence-electron chi connectivity index (χ0n) is 38.6. The molecule has 28 heteroatoms. The minimum Gasteiger partial charge on any atom is -0.463 e. The van der Waals surface area contributed by atoms with Gasteiger partial charge in [-0.25, -0.2) is 18.7 Å². The van der Waals surface area contributed by atoms with Gasteiger partial charge in [-0.2, -0.15) is 43.9 Å².